The van der Waals surface area contributed by atoms with Gasteiger partial charge in [-0.25, -0.2) is 18.4 Å². The molecule has 0 aromatic heterocycles. The van der Waals surface area contributed by atoms with Crippen molar-refractivity contribution in [1.82, 2.24) is 0 Å². The Hall–Kier alpha value is -2.37. The largest absolute Gasteiger partial charge is 0.490 e. The van der Waals surface area contributed by atoms with Crippen LogP contribution in [0.25, 0.3) is 0 Å². The SMILES string of the molecule is COC(=O)c1ccc2c(c1)N(C[C@@H]1CC[C@H]1[C@H]1C[C@@H](O[C@@H](C)CS(N)(=O)=O)CCO1)C[C@@]1(CCCc3cc(Cl)ccc31)CO2. The van der Waals surface area contributed by atoms with Crippen molar-refractivity contribution in [2.24, 2.45) is 17.0 Å². The van der Waals surface area contributed by atoms with Crippen LogP contribution >= 0.6 is 11.6 Å². The summed E-state index contributed by atoms with van der Waals surface area (Å²) in [4.78, 5) is 15.0. The number of benzene rings is 2. The van der Waals surface area contributed by atoms with Crippen LogP contribution in [0.5, 0.6) is 5.75 Å². The number of sulfonamides is 1. The Balaban J connectivity index is 1.24. The van der Waals surface area contributed by atoms with Gasteiger partial charge in [-0.3, -0.25) is 0 Å². The zero-order chi connectivity index (χ0) is 31.1. The quantitative estimate of drug-likeness (QED) is 0.404. The van der Waals surface area contributed by atoms with E-state index in [9.17, 15) is 13.2 Å². The minimum Gasteiger partial charge on any atom is -0.490 e. The van der Waals surface area contributed by atoms with Crippen molar-refractivity contribution in [2.45, 2.75) is 75.6 Å². The van der Waals surface area contributed by atoms with Crippen LogP contribution in [0.4, 0.5) is 5.69 Å². The van der Waals surface area contributed by atoms with Gasteiger partial charge in [-0.1, -0.05) is 17.7 Å². The second-order valence-corrected chi connectivity index (χ2v) is 15.2. The Bertz CT molecular complexity index is 1490. The van der Waals surface area contributed by atoms with Gasteiger partial charge in [0.1, 0.15) is 5.75 Å². The van der Waals surface area contributed by atoms with Crippen LogP contribution in [0.3, 0.4) is 0 Å². The van der Waals surface area contributed by atoms with Crippen molar-refractivity contribution >= 4 is 33.3 Å². The molecule has 240 valence electrons. The number of fused-ring (bicyclic) bond motifs is 3. The van der Waals surface area contributed by atoms with Crippen LogP contribution in [-0.2, 0) is 36.1 Å². The smallest absolute Gasteiger partial charge is 0.337 e. The number of primary sulfonamides is 1. The van der Waals surface area contributed by atoms with Crippen molar-refractivity contribution in [3.05, 3.63) is 58.1 Å². The Morgan fingerprint density at radius 2 is 2.05 bits per heavy atom. The molecule has 0 bridgehead atoms. The Morgan fingerprint density at radius 3 is 2.80 bits per heavy atom. The summed E-state index contributed by atoms with van der Waals surface area (Å²) in [5, 5.41) is 5.99. The summed E-state index contributed by atoms with van der Waals surface area (Å²) in [5.41, 5.74) is 3.80. The molecule has 1 saturated carbocycles. The summed E-state index contributed by atoms with van der Waals surface area (Å²) in [7, 11) is -2.20. The fourth-order valence-electron chi connectivity index (χ4n) is 7.87. The minimum atomic E-state index is -3.60. The van der Waals surface area contributed by atoms with Crippen LogP contribution in [0.2, 0.25) is 5.02 Å². The molecule has 4 aliphatic rings. The summed E-state index contributed by atoms with van der Waals surface area (Å²) < 4.78 is 47.1. The first-order valence-corrected chi connectivity index (χ1v) is 17.8. The van der Waals surface area contributed by atoms with Crippen molar-refractivity contribution in [3.8, 4) is 5.75 Å². The molecule has 11 heteroatoms. The first-order valence-electron chi connectivity index (χ1n) is 15.7. The number of carbonyl (C=O) groups excluding carboxylic acids is 1. The van der Waals surface area contributed by atoms with E-state index in [1.165, 1.54) is 18.2 Å². The number of methoxy groups -OCH3 is 1. The molecule has 0 amide bonds. The van der Waals surface area contributed by atoms with E-state index < -0.39 is 16.1 Å². The molecule has 2 fully saturated rings. The number of rotatable bonds is 8. The van der Waals surface area contributed by atoms with E-state index in [0.29, 0.717) is 30.6 Å². The standard InChI is InChI=1S/C33H43ClN2O7S/c1-21(18-44(35,38)39)43-26-11-13-41-31(16-26)27-8-5-24(27)17-36-19-33(12-3-4-22-14-25(34)7-9-28(22)33)20-42-30-10-6-23(15-29(30)36)32(37)40-2/h6-7,9-10,14-15,21,24,26-27,31H,3-5,8,11-13,16-20H2,1-2H3,(H2,35,38,39)/t21-,24-,26-,27+,31+,33-/m0/s1. The van der Waals surface area contributed by atoms with Crippen LogP contribution in [-0.4, -0.2) is 71.9 Å². The lowest BCUT2D eigenvalue weighted by atomic mass is 9.67. The predicted octanol–water partition coefficient (Wildman–Crippen LogP) is 4.87. The van der Waals surface area contributed by atoms with Crippen molar-refractivity contribution in [3.63, 3.8) is 0 Å². The molecule has 6 rings (SSSR count). The molecular formula is C33H43ClN2O7S. The van der Waals surface area contributed by atoms with Gasteiger partial charge in [0.15, 0.2) is 0 Å². The van der Waals surface area contributed by atoms with E-state index in [2.05, 4.69) is 17.0 Å². The van der Waals surface area contributed by atoms with Gasteiger partial charge in [-0.2, -0.15) is 0 Å². The van der Waals surface area contributed by atoms with Gasteiger partial charge in [-0.15, -0.1) is 0 Å². The van der Waals surface area contributed by atoms with Crippen molar-refractivity contribution in [1.29, 1.82) is 0 Å². The fraction of sp³-hybridized carbons (Fsp3) is 0.606. The molecular weight excluding hydrogens is 604 g/mol. The number of nitrogens with two attached hydrogens (primary N) is 1. The van der Waals surface area contributed by atoms with Gasteiger partial charge >= 0.3 is 5.97 Å². The second kappa shape index (κ2) is 12.8. The van der Waals surface area contributed by atoms with E-state index in [1.54, 1.807) is 13.0 Å². The molecule has 1 spiro atoms. The third-order valence-electron chi connectivity index (χ3n) is 10.0. The number of esters is 1. The second-order valence-electron chi connectivity index (χ2n) is 13.1. The third kappa shape index (κ3) is 6.75. The number of hydrogen-bond donors (Lipinski definition) is 1. The molecule has 0 radical (unpaired) electrons. The summed E-state index contributed by atoms with van der Waals surface area (Å²) in [6.45, 7) is 4.48. The average Bonchev–Trinajstić information content (AvgIpc) is 3.11. The van der Waals surface area contributed by atoms with Crippen LogP contribution in [0.15, 0.2) is 36.4 Å². The number of carbonyl (C=O) groups is 1. The Morgan fingerprint density at radius 1 is 1.20 bits per heavy atom. The van der Waals surface area contributed by atoms with E-state index in [0.717, 1.165) is 74.5 Å². The molecule has 2 N–H and O–H groups in total. The summed E-state index contributed by atoms with van der Waals surface area (Å²) >= 11 is 6.41. The first kappa shape index (κ1) is 31.6. The summed E-state index contributed by atoms with van der Waals surface area (Å²) in [6, 6.07) is 11.8. The molecule has 2 aliphatic carbocycles. The number of hydrogen-bond acceptors (Lipinski definition) is 8. The highest BCUT2D eigenvalue weighted by molar-refractivity contribution is 7.89. The average molecular weight is 647 g/mol. The molecule has 2 heterocycles. The molecule has 0 unspecified atom stereocenters. The molecule has 9 nitrogen and oxygen atoms in total. The normalized spacial score (nSPS) is 29.0. The number of nitrogens with zero attached hydrogens (tertiary/aromatic N) is 1. The lowest BCUT2D eigenvalue weighted by Gasteiger charge is -2.48. The van der Waals surface area contributed by atoms with E-state index in [-0.39, 0.29) is 29.3 Å². The molecule has 1 saturated heterocycles. The van der Waals surface area contributed by atoms with E-state index in [1.807, 2.05) is 18.2 Å². The van der Waals surface area contributed by atoms with Gasteiger partial charge in [0.05, 0.1) is 49.0 Å². The van der Waals surface area contributed by atoms with E-state index >= 15 is 0 Å². The molecule has 2 aromatic carbocycles. The molecule has 44 heavy (non-hydrogen) atoms. The first-order chi connectivity index (χ1) is 21.0. The summed E-state index contributed by atoms with van der Waals surface area (Å²) in [5.74, 6) is 0.961. The van der Waals surface area contributed by atoms with Crippen LogP contribution in [0, 0.1) is 11.8 Å². The molecule has 2 aliphatic heterocycles. The maximum absolute atomic E-state index is 12.6. The number of ether oxygens (including phenoxy) is 4. The van der Waals surface area contributed by atoms with Gasteiger partial charge in [-0.05, 0) is 98.7 Å². The lowest BCUT2D eigenvalue weighted by molar-refractivity contribution is -0.126. The zero-order valence-corrected chi connectivity index (χ0v) is 27.1. The van der Waals surface area contributed by atoms with E-state index in [4.69, 9.17) is 35.7 Å². The Kier molecular flexibility index (Phi) is 9.19. The third-order valence-corrected chi connectivity index (χ3v) is 11.2. The monoisotopic (exact) mass is 646 g/mol. The number of aryl methyl sites for hydroxylation is 1. The lowest BCUT2D eigenvalue weighted by Crippen LogP contribution is -2.51. The molecule has 6 atom stereocenters. The van der Waals surface area contributed by atoms with Gasteiger partial charge < -0.3 is 23.8 Å². The number of halogens is 1. The minimum absolute atomic E-state index is 0.0461. The van der Waals surface area contributed by atoms with Crippen molar-refractivity contribution < 1.29 is 32.2 Å². The highest BCUT2D eigenvalue weighted by Gasteiger charge is 2.45. The van der Waals surface area contributed by atoms with Crippen molar-refractivity contribution in [2.75, 3.05) is 44.1 Å². The Labute approximate surface area is 265 Å². The maximum atomic E-state index is 12.6. The summed E-state index contributed by atoms with van der Waals surface area (Å²) in [6.07, 6.45) is 6.21. The fourth-order valence-corrected chi connectivity index (χ4v) is 8.79. The van der Waals surface area contributed by atoms with Crippen LogP contribution in [0.1, 0.15) is 66.9 Å². The van der Waals surface area contributed by atoms with Gasteiger partial charge in [0.25, 0.3) is 0 Å². The highest BCUT2D eigenvalue weighted by Crippen LogP contribution is 2.47. The number of anilines is 1. The van der Waals surface area contributed by atoms with Gasteiger partial charge in [0, 0.05) is 36.6 Å². The zero-order valence-electron chi connectivity index (χ0n) is 25.5. The van der Waals surface area contributed by atoms with Crippen LogP contribution < -0.4 is 14.8 Å². The highest BCUT2D eigenvalue weighted by atomic mass is 35.5. The van der Waals surface area contributed by atoms with Gasteiger partial charge in [0.2, 0.25) is 10.0 Å². The topological polar surface area (TPSA) is 117 Å². The maximum Gasteiger partial charge on any atom is 0.337 e. The predicted molar refractivity (Wildman–Crippen MR) is 169 cm³/mol. The molecule has 2 aromatic rings.